The summed E-state index contributed by atoms with van der Waals surface area (Å²) < 4.78 is 5.28. The highest BCUT2D eigenvalue weighted by Gasteiger charge is 2.19. The Labute approximate surface area is 139 Å². The number of anilines is 2. The zero-order chi connectivity index (χ0) is 17.1. The summed E-state index contributed by atoms with van der Waals surface area (Å²) in [6.07, 6.45) is 1.34. The van der Waals surface area contributed by atoms with Gasteiger partial charge in [-0.2, -0.15) is 4.98 Å². The predicted octanol–water partition coefficient (Wildman–Crippen LogP) is 2.32. The highest BCUT2D eigenvalue weighted by atomic mass is 35.5. The average Bonchev–Trinajstić information content (AvgIpc) is 2.51. The van der Waals surface area contributed by atoms with Crippen molar-refractivity contribution >= 4 is 29.0 Å². The van der Waals surface area contributed by atoms with Gasteiger partial charge in [0.25, 0.3) is 5.91 Å². The summed E-state index contributed by atoms with van der Waals surface area (Å²) in [5, 5.41) is 4.09. The van der Waals surface area contributed by atoms with E-state index in [0.717, 1.165) is 11.1 Å². The predicted molar refractivity (Wildman–Crippen MR) is 90.1 cm³/mol. The Balaban J connectivity index is 2.41. The van der Waals surface area contributed by atoms with Gasteiger partial charge in [0.1, 0.15) is 11.3 Å². The first-order chi connectivity index (χ1) is 10.8. The lowest BCUT2D eigenvalue weighted by atomic mass is 10.1. The van der Waals surface area contributed by atoms with E-state index in [9.17, 15) is 4.79 Å². The van der Waals surface area contributed by atoms with Gasteiger partial charge in [0.15, 0.2) is 5.82 Å². The molecule has 0 aliphatic heterocycles. The number of nitrogens with two attached hydrogens (primary N) is 1. The minimum absolute atomic E-state index is 0.0163. The van der Waals surface area contributed by atoms with E-state index in [0.29, 0.717) is 11.4 Å². The number of carbonyl (C=O) groups excluding carboxylic acids is 1. The van der Waals surface area contributed by atoms with Crippen LogP contribution in [0.25, 0.3) is 0 Å². The van der Waals surface area contributed by atoms with Crippen molar-refractivity contribution in [3.05, 3.63) is 40.3 Å². The molecule has 8 heteroatoms. The van der Waals surface area contributed by atoms with Gasteiger partial charge < -0.3 is 10.1 Å². The zero-order valence-electron chi connectivity index (χ0n) is 13.3. The fraction of sp³-hybridized carbons (Fsp3) is 0.267. The number of halogens is 1. The fourth-order valence-corrected chi connectivity index (χ4v) is 2.33. The van der Waals surface area contributed by atoms with Crippen LogP contribution in [0.4, 0.5) is 11.5 Å². The van der Waals surface area contributed by atoms with E-state index in [1.807, 2.05) is 26.0 Å². The zero-order valence-corrected chi connectivity index (χ0v) is 14.1. The van der Waals surface area contributed by atoms with Gasteiger partial charge in [-0.3, -0.25) is 9.80 Å². The molecule has 3 N–H and O–H groups in total. The standard InChI is InChI=1S/C15H18ClN5O2/c1-8-5-6-11(23-4)9(2)12(8)19-14(22)10-7-18-15(16)20-13(10)21(3)17/h5-7H,17H2,1-4H3,(H,19,22). The molecule has 0 atom stereocenters. The van der Waals surface area contributed by atoms with Gasteiger partial charge in [0, 0.05) is 18.8 Å². The topological polar surface area (TPSA) is 93.4 Å². The number of nitrogens with one attached hydrogen (secondary N) is 1. The van der Waals surface area contributed by atoms with Crippen molar-refractivity contribution < 1.29 is 9.53 Å². The monoisotopic (exact) mass is 335 g/mol. The number of aromatic nitrogens is 2. The van der Waals surface area contributed by atoms with Crippen molar-refractivity contribution in [1.82, 2.24) is 9.97 Å². The highest BCUT2D eigenvalue weighted by molar-refractivity contribution is 6.28. The SMILES string of the molecule is COc1ccc(C)c(NC(=O)c2cnc(Cl)nc2N(C)N)c1C. The number of ether oxygens (including phenoxy) is 1. The summed E-state index contributed by atoms with van der Waals surface area (Å²) in [5.41, 5.74) is 2.64. The van der Waals surface area contributed by atoms with Crippen LogP contribution in [-0.2, 0) is 0 Å². The molecule has 0 saturated heterocycles. The molecule has 0 saturated carbocycles. The highest BCUT2D eigenvalue weighted by Crippen LogP contribution is 2.29. The number of aryl methyl sites for hydroxylation is 1. The van der Waals surface area contributed by atoms with Crippen LogP contribution in [0.1, 0.15) is 21.5 Å². The summed E-state index contributed by atoms with van der Waals surface area (Å²) in [6.45, 7) is 3.77. The summed E-state index contributed by atoms with van der Waals surface area (Å²) in [7, 11) is 3.15. The quantitative estimate of drug-likeness (QED) is 0.506. The first-order valence-corrected chi connectivity index (χ1v) is 7.19. The van der Waals surface area contributed by atoms with Gasteiger partial charge in [-0.05, 0) is 37.1 Å². The number of methoxy groups -OCH3 is 1. The summed E-state index contributed by atoms with van der Waals surface area (Å²) >= 11 is 5.76. The smallest absolute Gasteiger partial charge is 0.261 e. The van der Waals surface area contributed by atoms with E-state index in [2.05, 4.69) is 15.3 Å². The van der Waals surface area contributed by atoms with Crippen molar-refractivity contribution in [3.63, 3.8) is 0 Å². The largest absolute Gasteiger partial charge is 0.496 e. The molecule has 0 radical (unpaired) electrons. The molecule has 0 aliphatic carbocycles. The van der Waals surface area contributed by atoms with Gasteiger partial charge in [-0.25, -0.2) is 10.8 Å². The van der Waals surface area contributed by atoms with Crippen LogP contribution in [0.3, 0.4) is 0 Å². The third kappa shape index (κ3) is 3.52. The van der Waals surface area contributed by atoms with Crippen LogP contribution < -0.4 is 20.9 Å². The minimum atomic E-state index is -0.381. The number of rotatable bonds is 4. The lowest BCUT2D eigenvalue weighted by Crippen LogP contribution is -2.29. The maximum atomic E-state index is 12.6. The maximum Gasteiger partial charge on any atom is 0.261 e. The summed E-state index contributed by atoms with van der Waals surface area (Å²) in [4.78, 5) is 20.4. The second-order valence-electron chi connectivity index (χ2n) is 5.03. The second kappa shape index (κ2) is 6.80. The Morgan fingerprint density at radius 3 is 2.70 bits per heavy atom. The van der Waals surface area contributed by atoms with Crippen LogP contribution >= 0.6 is 11.6 Å². The average molecular weight is 336 g/mol. The molecule has 23 heavy (non-hydrogen) atoms. The molecule has 7 nitrogen and oxygen atoms in total. The van der Waals surface area contributed by atoms with Crippen molar-refractivity contribution in [2.75, 3.05) is 24.5 Å². The van der Waals surface area contributed by atoms with Crippen LogP contribution in [0.2, 0.25) is 5.28 Å². The van der Waals surface area contributed by atoms with E-state index in [-0.39, 0.29) is 22.6 Å². The maximum absolute atomic E-state index is 12.6. The molecule has 2 rings (SSSR count). The van der Waals surface area contributed by atoms with E-state index < -0.39 is 0 Å². The van der Waals surface area contributed by atoms with Crippen LogP contribution in [0, 0.1) is 13.8 Å². The first-order valence-electron chi connectivity index (χ1n) is 6.81. The molecule has 2 aromatic rings. The number of carbonyl (C=O) groups is 1. The second-order valence-corrected chi connectivity index (χ2v) is 5.36. The molecular weight excluding hydrogens is 318 g/mol. The summed E-state index contributed by atoms with van der Waals surface area (Å²) in [6, 6.07) is 3.72. The molecular formula is C15H18ClN5O2. The first kappa shape index (κ1) is 17.0. The molecule has 0 aliphatic rings. The third-order valence-corrected chi connectivity index (χ3v) is 3.58. The van der Waals surface area contributed by atoms with Crippen molar-refractivity contribution in [3.8, 4) is 5.75 Å². The number of benzene rings is 1. The Kier molecular flexibility index (Phi) is 5.02. The van der Waals surface area contributed by atoms with Crippen LogP contribution in [-0.4, -0.2) is 30.0 Å². The van der Waals surface area contributed by atoms with Gasteiger partial charge in [-0.15, -0.1) is 0 Å². The van der Waals surface area contributed by atoms with Crippen molar-refractivity contribution in [2.45, 2.75) is 13.8 Å². The number of hydrogen-bond acceptors (Lipinski definition) is 6. The molecule has 1 aromatic heterocycles. The number of nitrogens with zero attached hydrogens (tertiary/aromatic N) is 3. The molecule has 0 unspecified atom stereocenters. The number of hydrazine groups is 1. The van der Waals surface area contributed by atoms with Gasteiger partial charge in [0.2, 0.25) is 5.28 Å². The van der Waals surface area contributed by atoms with Crippen LogP contribution in [0.5, 0.6) is 5.75 Å². The number of amides is 1. The Morgan fingerprint density at radius 2 is 2.09 bits per heavy atom. The van der Waals surface area contributed by atoms with E-state index >= 15 is 0 Å². The van der Waals surface area contributed by atoms with Crippen molar-refractivity contribution in [1.29, 1.82) is 0 Å². The van der Waals surface area contributed by atoms with E-state index in [1.165, 1.54) is 11.2 Å². The number of hydrogen-bond donors (Lipinski definition) is 2. The fourth-order valence-electron chi connectivity index (χ4n) is 2.20. The third-order valence-electron chi connectivity index (χ3n) is 3.40. The van der Waals surface area contributed by atoms with Crippen LogP contribution in [0.15, 0.2) is 18.3 Å². The summed E-state index contributed by atoms with van der Waals surface area (Å²) in [5.74, 6) is 6.25. The Morgan fingerprint density at radius 1 is 1.39 bits per heavy atom. The van der Waals surface area contributed by atoms with E-state index in [4.69, 9.17) is 22.2 Å². The molecule has 122 valence electrons. The van der Waals surface area contributed by atoms with E-state index in [1.54, 1.807) is 14.2 Å². The molecule has 0 fully saturated rings. The van der Waals surface area contributed by atoms with Gasteiger partial charge in [0.05, 0.1) is 12.8 Å². The van der Waals surface area contributed by atoms with Crippen molar-refractivity contribution in [2.24, 2.45) is 5.84 Å². The molecule has 0 spiro atoms. The molecule has 1 heterocycles. The Bertz CT molecular complexity index is 749. The molecule has 1 amide bonds. The Hall–Kier alpha value is -2.38. The molecule has 1 aromatic carbocycles. The lowest BCUT2D eigenvalue weighted by molar-refractivity contribution is 0.102. The minimum Gasteiger partial charge on any atom is -0.496 e. The normalized spacial score (nSPS) is 10.3. The lowest BCUT2D eigenvalue weighted by Gasteiger charge is -2.17. The van der Waals surface area contributed by atoms with Gasteiger partial charge in [-0.1, -0.05) is 6.07 Å². The van der Waals surface area contributed by atoms with Gasteiger partial charge >= 0.3 is 0 Å². The molecule has 0 bridgehead atoms.